The molecular weight excluding hydrogens is 1570 g/mol. The van der Waals surface area contributed by atoms with Gasteiger partial charge < -0.3 is 30.0 Å². The minimum absolute atomic E-state index is 0.178. The van der Waals surface area contributed by atoms with Crippen LogP contribution in [0.15, 0.2) is 135 Å². The molecular formula is C65H59BF4N24O11S6. The SMILES string of the molecule is CS(=O)(=O)Cc1nnc(-c2ccc(N3C[C@H](Cn4ccnn4)OC3=O)cc2F)s1.CSCc1nnc(-c2ccc(N3C[C@H](Cn4ccnn4)OC3=O)cc2F)s1.NCc1cnc(-c2ccc(N3C[C@H](Cn4ccnn4)OC3=O)cc2F)s1.[B]C(=O)NCc1cnc(-c2ccc(N3C[C@H](Cn4ccnn4)OC3=O)cc2F)s1. The number of anilines is 4. The van der Waals surface area contributed by atoms with Crippen LogP contribution in [0.25, 0.3) is 42.3 Å². The Morgan fingerprint density at radius 1 is 0.514 bits per heavy atom. The molecule has 2 radical (unpaired) electrons. The minimum Gasteiger partial charge on any atom is -0.442 e. The third kappa shape index (κ3) is 19.7. The lowest BCUT2D eigenvalue weighted by Gasteiger charge is -2.14. The maximum atomic E-state index is 14.7. The van der Waals surface area contributed by atoms with Crippen molar-refractivity contribution in [1.82, 2.24) is 95.7 Å². The predicted octanol–water partition coefficient (Wildman–Crippen LogP) is 8.30. The van der Waals surface area contributed by atoms with Crippen LogP contribution in [0, 0.1) is 23.3 Å². The van der Waals surface area contributed by atoms with Crippen molar-refractivity contribution >= 4 is 128 Å². The maximum Gasteiger partial charge on any atom is 0.414 e. The molecule has 35 nitrogen and oxygen atoms in total. The highest BCUT2D eigenvalue weighted by molar-refractivity contribution is 7.97. The van der Waals surface area contributed by atoms with E-state index >= 15 is 0 Å². The van der Waals surface area contributed by atoms with E-state index in [0.29, 0.717) is 100 Å². The quantitative estimate of drug-likeness (QED) is 0.0345. The molecule has 8 aromatic heterocycles. The summed E-state index contributed by atoms with van der Waals surface area (Å²) in [5, 5.41) is 51.4. The van der Waals surface area contributed by atoms with Crippen molar-refractivity contribution in [3.8, 4) is 42.3 Å². The molecule has 12 heterocycles. The van der Waals surface area contributed by atoms with Gasteiger partial charge in [-0.05, 0) is 79.1 Å². The first-order valence-electron chi connectivity index (χ1n) is 33.0. The van der Waals surface area contributed by atoms with E-state index in [9.17, 15) is 50.0 Å². The van der Waals surface area contributed by atoms with Crippen LogP contribution < -0.4 is 30.7 Å². The molecule has 4 atom stereocenters. The van der Waals surface area contributed by atoms with Crippen LogP contribution in [0.1, 0.15) is 19.8 Å². The summed E-state index contributed by atoms with van der Waals surface area (Å²) in [4.78, 5) is 75.0. The van der Waals surface area contributed by atoms with Crippen molar-refractivity contribution in [3.63, 3.8) is 0 Å². The van der Waals surface area contributed by atoms with Crippen LogP contribution in [0.2, 0.25) is 0 Å². The fourth-order valence-electron chi connectivity index (χ4n) is 11.2. The number of halogens is 4. The van der Waals surface area contributed by atoms with Crippen molar-refractivity contribution < 1.29 is 68.9 Å². The first kappa shape index (κ1) is 77.6. The summed E-state index contributed by atoms with van der Waals surface area (Å²) in [6, 6.07) is 18.0. The lowest BCUT2D eigenvalue weighted by atomic mass is 10.1. The van der Waals surface area contributed by atoms with Crippen molar-refractivity contribution in [2.24, 2.45) is 5.73 Å². The Morgan fingerprint density at radius 2 is 0.847 bits per heavy atom. The van der Waals surface area contributed by atoms with Crippen LogP contribution >= 0.6 is 57.1 Å². The number of aromatic nitrogens is 18. The van der Waals surface area contributed by atoms with Gasteiger partial charge >= 0.3 is 24.4 Å². The molecule has 4 fully saturated rings. The van der Waals surface area contributed by atoms with Gasteiger partial charge in [0.2, 0.25) is 7.85 Å². The Kier molecular flexibility index (Phi) is 24.4. The lowest BCUT2D eigenvalue weighted by Crippen LogP contribution is -2.26. The highest BCUT2D eigenvalue weighted by Gasteiger charge is 2.38. The molecule has 0 spiro atoms. The van der Waals surface area contributed by atoms with Crippen molar-refractivity contribution in [2.75, 3.05) is 58.3 Å². The number of benzene rings is 4. The third-order valence-corrected chi connectivity index (χ3v) is 22.0. The number of nitrogens with zero attached hydrogens (tertiary/aromatic N) is 22. The first-order valence-corrected chi connectivity index (χ1v) is 39.7. The number of sulfone groups is 1. The van der Waals surface area contributed by atoms with Crippen molar-refractivity contribution in [1.29, 1.82) is 0 Å². The zero-order valence-electron chi connectivity index (χ0n) is 57.9. The van der Waals surface area contributed by atoms with Crippen LogP contribution in [0.5, 0.6) is 0 Å². The smallest absolute Gasteiger partial charge is 0.414 e. The van der Waals surface area contributed by atoms with Crippen LogP contribution in [0.3, 0.4) is 0 Å². The van der Waals surface area contributed by atoms with E-state index < -0.39 is 75.5 Å². The molecule has 3 N–H and O–H groups in total. The van der Waals surface area contributed by atoms with Gasteiger partial charge in [0.15, 0.2) is 25.7 Å². The molecule has 111 heavy (non-hydrogen) atoms. The van der Waals surface area contributed by atoms with Gasteiger partial charge in [0.25, 0.3) is 0 Å². The van der Waals surface area contributed by atoms with Crippen LogP contribution in [-0.4, -0.2) is 200 Å². The Morgan fingerprint density at radius 3 is 1.15 bits per heavy atom. The van der Waals surface area contributed by atoms with Gasteiger partial charge in [0.1, 0.15) is 73.5 Å². The normalized spacial score (nSPS) is 16.7. The number of amides is 5. The Bertz CT molecular complexity index is 5380. The molecule has 0 unspecified atom stereocenters. The molecule has 0 aliphatic carbocycles. The van der Waals surface area contributed by atoms with E-state index in [1.165, 1.54) is 96.3 Å². The van der Waals surface area contributed by atoms with Gasteiger partial charge in [-0.25, -0.2) is 73.9 Å². The number of rotatable bonds is 23. The van der Waals surface area contributed by atoms with E-state index in [4.69, 9.17) is 32.5 Å². The largest absolute Gasteiger partial charge is 0.442 e. The second-order valence-corrected chi connectivity index (χ2v) is 31.7. The zero-order valence-corrected chi connectivity index (χ0v) is 62.8. The van der Waals surface area contributed by atoms with E-state index in [2.05, 4.69) is 76.9 Å². The Balaban J connectivity index is 0.000000130. The number of carbonyl (C=O) groups excluding carboxylic acids is 5. The summed E-state index contributed by atoms with van der Waals surface area (Å²) in [6.45, 7) is 3.23. The Labute approximate surface area is 647 Å². The first-order chi connectivity index (χ1) is 53.5. The van der Waals surface area contributed by atoms with Gasteiger partial charge in [-0.1, -0.05) is 43.5 Å². The molecule has 4 aliphatic rings. The number of carbonyl (C=O) groups is 5. The van der Waals surface area contributed by atoms with E-state index in [1.807, 2.05) is 6.26 Å². The number of thiazole rings is 2. The molecule has 4 aromatic carbocycles. The van der Waals surface area contributed by atoms with Gasteiger partial charge in [-0.3, -0.25) is 24.4 Å². The topological polar surface area (TPSA) is 408 Å². The van der Waals surface area contributed by atoms with Crippen molar-refractivity contribution in [2.45, 2.75) is 75.2 Å². The summed E-state index contributed by atoms with van der Waals surface area (Å²) < 4.78 is 109. The number of nitrogens with two attached hydrogens (primary N) is 1. The van der Waals surface area contributed by atoms with E-state index in [-0.39, 0.29) is 53.2 Å². The average Bonchev–Trinajstić information content (AvgIpc) is 1.70. The molecule has 4 aliphatic heterocycles. The number of hydrogen-bond donors (Lipinski definition) is 2. The number of hydrogen-bond acceptors (Lipinski definition) is 31. The van der Waals surface area contributed by atoms with Crippen LogP contribution in [0.4, 0.5) is 64.3 Å². The standard InChI is InChI=1S/C17H14BFN6O3S.C16H15FN6O4S2.C16H15FN6O2S2.C16H15FN6O2S/c18-16(26)21-7-12-6-20-15(29-12)13-2-1-10(5-14(13)19)25-9-11(28-17(25)27)8-24-4-3-22-23-24;1-29(25,26)9-14-19-20-15(28-14)12-3-2-10(6-13(12)17)23-8-11(27-16(23)24)7-22-5-4-18-21-22;1-26-9-14-19-20-15(27-14)12-3-2-10(6-13(12)17)23-8-11(25-16(23)24)7-22-5-4-18-21-22;17-14-5-10(1-2-13(14)15-19-7-12(6-18)26-15)23-9-11(25-16(23)24)8-22-4-3-20-21-22/h1-6,11H,7-9H2,(H,21,26);2-6,11H,7-9H2,1H3;2-6,11H,7-9H2,1H3;1-5,7,11H,6,8-9,18H2/t4*11-/m0000/s1. The highest BCUT2D eigenvalue weighted by atomic mass is 32.2. The molecule has 12 aromatic rings. The van der Waals surface area contributed by atoms with Gasteiger partial charge in [-0.2, -0.15) is 11.8 Å². The second kappa shape index (κ2) is 35.0. The molecule has 5 amide bonds. The number of nitrogens with one attached hydrogen (secondary N) is 1. The van der Waals surface area contributed by atoms with Gasteiger partial charge in [-0.15, -0.1) is 63.5 Å². The summed E-state index contributed by atoms with van der Waals surface area (Å²) >= 11 is 6.59. The fraction of sp³-hybridized carbons (Fsp3) is 0.277. The molecule has 572 valence electrons. The van der Waals surface area contributed by atoms with Crippen molar-refractivity contribution in [3.05, 3.63) is 178 Å². The molecule has 0 bridgehead atoms. The van der Waals surface area contributed by atoms with Crippen LogP contribution in [-0.2, 0) is 79.6 Å². The predicted molar refractivity (Wildman–Crippen MR) is 398 cm³/mol. The number of cyclic esters (lactones) is 4. The third-order valence-electron chi connectivity index (χ3n) is 16.3. The summed E-state index contributed by atoms with van der Waals surface area (Å²) in [7, 11) is 1.78. The monoisotopic (exact) mass is 1630 g/mol. The molecule has 4 saturated heterocycles. The average molecular weight is 1630 g/mol. The Hall–Kier alpha value is -11.6. The van der Waals surface area contributed by atoms with Gasteiger partial charge in [0, 0.05) is 87.7 Å². The summed E-state index contributed by atoms with van der Waals surface area (Å²) in [6.07, 6.45) is 15.4. The summed E-state index contributed by atoms with van der Waals surface area (Å²) in [5.74, 6) is -2.17. The number of ether oxygens (including phenoxy) is 4. The zero-order chi connectivity index (χ0) is 77.9. The maximum absolute atomic E-state index is 14.7. The molecule has 46 heteroatoms. The second-order valence-electron chi connectivity index (χ2n) is 24.3. The minimum atomic E-state index is -3.26. The van der Waals surface area contributed by atoms with Gasteiger partial charge in [0.05, 0.1) is 106 Å². The highest BCUT2D eigenvalue weighted by Crippen LogP contribution is 2.37. The fourth-order valence-corrected chi connectivity index (χ4v) is 16.5. The molecule has 16 rings (SSSR count). The van der Waals surface area contributed by atoms with E-state index in [0.717, 1.165) is 38.1 Å². The number of thioether (sulfide) groups is 1. The van der Waals surface area contributed by atoms with E-state index in [1.54, 1.807) is 123 Å². The lowest BCUT2D eigenvalue weighted by molar-refractivity contribution is 0.128. The molecule has 0 saturated carbocycles. The summed E-state index contributed by atoms with van der Waals surface area (Å²) in [5.41, 5.74) is 8.42.